The number of hydrogen-bond acceptors (Lipinski definition) is 10. The van der Waals surface area contributed by atoms with Gasteiger partial charge >= 0.3 is 23.8 Å². The third-order valence-corrected chi connectivity index (χ3v) is 4.56. The Balaban J connectivity index is 2.45. The lowest BCUT2D eigenvalue weighted by Crippen LogP contribution is -2.31. The van der Waals surface area contributed by atoms with E-state index in [1.54, 1.807) is 0 Å². The number of anilines is 2. The van der Waals surface area contributed by atoms with Crippen LogP contribution in [-0.4, -0.2) is 66.4 Å². The third-order valence-electron chi connectivity index (χ3n) is 4.56. The van der Waals surface area contributed by atoms with Gasteiger partial charge in [0.25, 0.3) is 0 Å². The van der Waals surface area contributed by atoms with Gasteiger partial charge in [0.1, 0.15) is 23.0 Å². The van der Waals surface area contributed by atoms with Crippen LogP contribution in [0.1, 0.15) is 20.7 Å². The van der Waals surface area contributed by atoms with Gasteiger partial charge in [-0.15, -0.1) is 0 Å². The Morgan fingerprint density at radius 3 is 1.18 bits per heavy atom. The second-order valence-corrected chi connectivity index (χ2v) is 6.40. The monoisotopic (exact) mass is 476 g/mol. The van der Waals surface area contributed by atoms with E-state index in [0.29, 0.717) is 0 Å². The minimum atomic E-state index is -1.18. The molecule has 2 rings (SSSR count). The Morgan fingerprint density at radius 2 is 0.912 bits per heavy atom. The van der Waals surface area contributed by atoms with Gasteiger partial charge in [0.05, 0.1) is 65.2 Å². The maximum absolute atomic E-state index is 12.7. The van der Waals surface area contributed by atoms with Crippen molar-refractivity contribution >= 4 is 35.1 Å². The van der Waals surface area contributed by atoms with Crippen molar-refractivity contribution < 1.29 is 47.6 Å². The summed E-state index contributed by atoms with van der Waals surface area (Å²) in [5.41, 5.74) is -0.468. The van der Waals surface area contributed by atoms with E-state index in [0.717, 1.165) is 14.2 Å². The van der Waals surface area contributed by atoms with E-state index in [1.807, 2.05) is 0 Å². The van der Waals surface area contributed by atoms with E-state index in [1.165, 1.54) is 52.7 Å². The molecule has 12 nitrogen and oxygen atoms in total. The Bertz CT molecular complexity index is 1030. The first-order valence-electron chi connectivity index (χ1n) is 9.55. The zero-order chi connectivity index (χ0) is 25.4. The number of methoxy groups -OCH3 is 6. The van der Waals surface area contributed by atoms with E-state index < -0.39 is 23.8 Å². The molecule has 0 saturated carbocycles. The van der Waals surface area contributed by atoms with Crippen LogP contribution in [-0.2, 0) is 19.1 Å². The average molecular weight is 476 g/mol. The highest BCUT2D eigenvalue weighted by Crippen LogP contribution is 2.36. The van der Waals surface area contributed by atoms with Crippen molar-refractivity contribution in [3.63, 3.8) is 0 Å². The number of esters is 2. The van der Waals surface area contributed by atoms with Crippen molar-refractivity contribution in [2.75, 3.05) is 53.3 Å². The lowest BCUT2D eigenvalue weighted by atomic mass is 10.1. The number of benzene rings is 2. The predicted molar refractivity (Wildman–Crippen MR) is 119 cm³/mol. The number of hydrogen-bond donors (Lipinski definition) is 2. The fraction of sp³-hybridized carbons (Fsp3) is 0.273. The molecule has 0 fully saturated rings. The zero-order valence-electron chi connectivity index (χ0n) is 19.4. The molecular weight excluding hydrogens is 452 g/mol. The van der Waals surface area contributed by atoms with Crippen molar-refractivity contribution in [1.82, 2.24) is 0 Å². The quantitative estimate of drug-likeness (QED) is 0.427. The molecule has 0 heterocycles. The van der Waals surface area contributed by atoms with E-state index in [9.17, 15) is 19.2 Å². The molecule has 0 aliphatic rings. The molecule has 2 aromatic carbocycles. The van der Waals surface area contributed by atoms with Gasteiger partial charge in [-0.05, 0) is 12.1 Å². The predicted octanol–water partition coefficient (Wildman–Crippen LogP) is 1.87. The van der Waals surface area contributed by atoms with E-state index >= 15 is 0 Å². The fourth-order valence-electron chi connectivity index (χ4n) is 2.88. The van der Waals surface area contributed by atoms with Gasteiger partial charge in [0, 0.05) is 12.1 Å². The lowest BCUT2D eigenvalue weighted by Gasteiger charge is -2.17. The molecule has 182 valence electrons. The van der Waals surface area contributed by atoms with Crippen molar-refractivity contribution in [2.24, 2.45) is 0 Å². The smallest absolute Gasteiger partial charge is 0.340 e. The molecular formula is C22H24N2O10. The van der Waals surface area contributed by atoms with E-state index in [-0.39, 0.29) is 45.5 Å². The summed E-state index contributed by atoms with van der Waals surface area (Å²) in [7, 11) is 7.66. The summed E-state index contributed by atoms with van der Waals surface area (Å²) in [6.07, 6.45) is 0. The molecule has 0 atom stereocenters. The van der Waals surface area contributed by atoms with Crippen molar-refractivity contribution in [3.8, 4) is 23.0 Å². The van der Waals surface area contributed by atoms with Gasteiger partial charge in [-0.3, -0.25) is 9.59 Å². The van der Waals surface area contributed by atoms with Crippen LogP contribution >= 0.6 is 0 Å². The normalized spacial score (nSPS) is 9.94. The Morgan fingerprint density at radius 1 is 0.559 bits per heavy atom. The van der Waals surface area contributed by atoms with Gasteiger partial charge in [0.15, 0.2) is 0 Å². The van der Waals surface area contributed by atoms with Gasteiger partial charge in [0.2, 0.25) is 0 Å². The van der Waals surface area contributed by atoms with Crippen LogP contribution in [0.15, 0.2) is 24.3 Å². The van der Waals surface area contributed by atoms with Crippen LogP contribution in [0.5, 0.6) is 23.0 Å². The molecule has 0 saturated heterocycles. The summed E-state index contributed by atoms with van der Waals surface area (Å²) in [5.74, 6) is -3.38. The first-order chi connectivity index (χ1) is 16.2. The molecule has 0 bridgehead atoms. The summed E-state index contributed by atoms with van der Waals surface area (Å²) in [5, 5.41) is 4.65. The molecule has 2 N–H and O–H groups in total. The first kappa shape index (κ1) is 25.8. The van der Waals surface area contributed by atoms with E-state index in [4.69, 9.17) is 28.4 Å². The minimum Gasteiger partial charge on any atom is -0.497 e. The second kappa shape index (κ2) is 11.4. The third kappa shape index (κ3) is 5.46. The van der Waals surface area contributed by atoms with Crippen molar-refractivity contribution in [3.05, 3.63) is 35.4 Å². The SMILES string of the molecule is COC(=O)c1cc(OC)cc(OC)c1NC(=O)C(=O)Nc1c(OC)cc(OC)cc1C(=O)OC. The maximum atomic E-state index is 12.7. The number of rotatable bonds is 8. The van der Waals surface area contributed by atoms with Crippen molar-refractivity contribution in [1.29, 1.82) is 0 Å². The highest BCUT2D eigenvalue weighted by Gasteiger charge is 2.26. The molecule has 0 spiro atoms. The Kier molecular flexibility index (Phi) is 8.65. The van der Waals surface area contributed by atoms with Crippen LogP contribution in [0.4, 0.5) is 11.4 Å². The van der Waals surface area contributed by atoms with Crippen LogP contribution in [0.2, 0.25) is 0 Å². The lowest BCUT2D eigenvalue weighted by molar-refractivity contribution is -0.133. The number of carbonyl (C=O) groups excluding carboxylic acids is 4. The number of carbonyl (C=O) groups is 4. The molecule has 0 aromatic heterocycles. The number of ether oxygens (including phenoxy) is 6. The summed E-state index contributed by atoms with van der Waals surface area (Å²) < 4.78 is 30.2. The van der Waals surface area contributed by atoms with Gasteiger partial charge in [-0.2, -0.15) is 0 Å². The zero-order valence-corrected chi connectivity index (χ0v) is 19.4. The van der Waals surface area contributed by atoms with Crippen LogP contribution < -0.4 is 29.6 Å². The maximum Gasteiger partial charge on any atom is 0.340 e. The largest absolute Gasteiger partial charge is 0.497 e. The standard InChI is InChI=1S/C22H24N2O10/c1-29-11-7-13(21(27)33-5)17(15(9-11)31-3)23-19(25)20(26)24-18-14(22(28)34-6)8-12(30-2)10-16(18)32-4/h7-10H,1-6H3,(H,23,25)(H,24,26). The molecule has 0 unspecified atom stereocenters. The molecule has 12 heteroatoms. The highest BCUT2D eigenvalue weighted by molar-refractivity contribution is 6.44. The van der Waals surface area contributed by atoms with Crippen molar-refractivity contribution in [2.45, 2.75) is 0 Å². The molecule has 2 amide bonds. The highest BCUT2D eigenvalue weighted by atomic mass is 16.5. The molecule has 34 heavy (non-hydrogen) atoms. The number of amides is 2. The number of nitrogens with one attached hydrogen (secondary N) is 2. The molecule has 0 radical (unpaired) electrons. The van der Waals surface area contributed by atoms with Crippen LogP contribution in [0, 0.1) is 0 Å². The fourth-order valence-corrected chi connectivity index (χ4v) is 2.88. The van der Waals surface area contributed by atoms with E-state index in [2.05, 4.69) is 10.6 Å². The topological polar surface area (TPSA) is 148 Å². The molecule has 0 aliphatic heterocycles. The summed E-state index contributed by atoms with van der Waals surface area (Å²) >= 11 is 0. The average Bonchev–Trinajstić information content (AvgIpc) is 2.87. The first-order valence-corrected chi connectivity index (χ1v) is 9.55. The summed E-state index contributed by atoms with van der Waals surface area (Å²) in [4.78, 5) is 50.0. The summed E-state index contributed by atoms with van der Waals surface area (Å²) in [6, 6.07) is 5.43. The second-order valence-electron chi connectivity index (χ2n) is 6.40. The minimum absolute atomic E-state index is 0.0400. The van der Waals surface area contributed by atoms with Crippen LogP contribution in [0.25, 0.3) is 0 Å². The molecule has 0 aliphatic carbocycles. The summed E-state index contributed by atoms with van der Waals surface area (Å²) in [6.45, 7) is 0. The Hall–Kier alpha value is -4.48. The van der Waals surface area contributed by atoms with Gasteiger partial charge in [-0.25, -0.2) is 9.59 Å². The van der Waals surface area contributed by atoms with Crippen LogP contribution in [0.3, 0.4) is 0 Å². The van der Waals surface area contributed by atoms with Gasteiger partial charge < -0.3 is 39.1 Å². The Labute approximate surface area is 195 Å². The van der Waals surface area contributed by atoms with Gasteiger partial charge in [-0.1, -0.05) is 0 Å². The molecule has 2 aromatic rings.